The molecule has 0 aromatic carbocycles. The van der Waals surface area contributed by atoms with Crippen molar-refractivity contribution in [2.45, 2.75) is 25.8 Å². The number of halogens is 4. The molecule has 0 aliphatic rings. The van der Waals surface area contributed by atoms with Gasteiger partial charge < -0.3 is 5.32 Å². The molecule has 1 rings (SSSR count). The lowest BCUT2D eigenvalue weighted by Gasteiger charge is -2.14. The minimum Gasteiger partial charge on any atom is -0.346 e. The van der Waals surface area contributed by atoms with Crippen LogP contribution in [0.1, 0.15) is 11.3 Å². The summed E-state index contributed by atoms with van der Waals surface area (Å²) < 4.78 is 50.3. The van der Waals surface area contributed by atoms with E-state index in [2.05, 4.69) is 5.10 Å². The van der Waals surface area contributed by atoms with Crippen molar-refractivity contribution in [3.05, 3.63) is 17.5 Å². The molecule has 0 spiro atoms. The smallest absolute Gasteiger partial charge is 0.346 e. The average Bonchev–Trinajstić information content (AvgIpc) is 2.56. The second-order valence-corrected chi connectivity index (χ2v) is 3.49. The van der Waals surface area contributed by atoms with Crippen molar-refractivity contribution in [3.63, 3.8) is 0 Å². The Balaban J connectivity index is 2.63. The summed E-state index contributed by atoms with van der Waals surface area (Å²) in [6, 6.07) is 0. The van der Waals surface area contributed by atoms with E-state index in [4.69, 9.17) is 0 Å². The molecule has 1 aromatic rings. The predicted octanol–water partition coefficient (Wildman–Crippen LogP) is 1.25. The van der Waals surface area contributed by atoms with Crippen LogP contribution < -0.4 is 5.32 Å². The standard InChI is InChI=1S/C9H11F4N3O/c1-5-6(4-15-16(5)2)3-14-8(17)9(12,13)7(10)11/h4,7H,3H2,1-2H3,(H,14,17). The highest BCUT2D eigenvalue weighted by molar-refractivity contribution is 5.83. The van der Waals surface area contributed by atoms with Crippen LogP contribution in [0, 0.1) is 6.92 Å². The minimum atomic E-state index is -4.67. The number of carbonyl (C=O) groups excluding carboxylic acids is 1. The zero-order chi connectivity index (χ0) is 13.2. The maximum Gasteiger partial charge on any atom is 0.383 e. The summed E-state index contributed by atoms with van der Waals surface area (Å²) in [5.41, 5.74) is 1.15. The molecule has 0 bridgehead atoms. The Bertz CT molecular complexity index is 416. The van der Waals surface area contributed by atoms with E-state index in [9.17, 15) is 22.4 Å². The van der Waals surface area contributed by atoms with Crippen molar-refractivity contribution in [2.24, 2.45) is 7.05 Å². The molecular formula is C9H11F4N3O. The van der Waals surface area contributed by atoms with Gasteiger partial charge in [-0.2, -0.15) is 13.9 Å². The Hall–Kier alpha value is -1.60. The van der Waals surface area contributed by atoms with Gasteiger partial charge in [0.2, 0.25) is 0 Å². The Kier molecular flexibility index (Phi) is 3.74. The minimum absolute atomic E-state index is 0.263. The third kappa shape index (κ3) is 2.75. The quantitative estimate of drug-likeness (QED) is 0.821. The van der Waals surface area contributed by atoms with Gasteiger partial charge in [-0.05, 0) is 6.92 Å². The maximum absolute atomic E-state index is 12.6. The van der Waals surface area contributed by atoms with Gasteiger partial charge in [0.05, 0.1) is 6.20 Å². The molecule has 0 radical (unpaired) electrons. The topological polar surface area (TPSA) is 46.9 Å². The SMILES string of the molecule is Cc1c(CNC(=O)C(F)(F)C(F)F)cnn1C. The lowest BCUT2D eigenvalue weighted by atomic mass is 10.2. The summed E-state index contributed by atoms with van der Waals surface area (Å²) in [6.45, 7) is 1.40. The Morgan fingerprint density at radius 1 is 1.59 bits per heavy atom. The number of nitrogens with zero attached hydrogens (tertiary/aromatic N) is 2. The summed E-state index contributed by atoms with van der Waals surface area (Å²) in [5.74, 6) is -6.66. The normalized spacial score (nSPS) is 11.9. The first-order valence-corrected chi connectivity index (χ1v) is 4.68. The molecule has 1 aromatic heterocycles. The number of aryl methyl sites for hydroxylation is 1. The number of hydrogen-bond acceptors (Lipinski definition) is 2. The second-order valence-electron chi connectivity index (χ2n) is 3.49. The van der Waals surface area contributed by atoms with E-state index >= 15 is 0 Å². The highest BCUT2D eigenvalue weighted by atomic mass is 19.3. The van der Waals surface area contributed by atoms with Crippen molar-refractivity contribution in [1.29, 1.82) is 0 Å². The van der Waals surface area contributed by atoms with E-state index in [0.29, 0.717) is 11.3 Å². The monoisotopic (exact) mass is 253 g/mol. The van der Waals surface area contributed by atoms with Crippen LogP contribution in [-0.4, -0.2) is 28.0 Å². The van der Waals surface area contributed by atoms with Gasteiger partial charge in [-0.3, -0.25) is 9.48 Å². The molecule has 0 unspecified atom stereocenters. The van der Waals surface area contributed by atoms with Crippen molar-refractivity contribution in [3.8, 4) is 0 Å². The van der Waals surface area contributed by atoms with E-state index in [0.717, 1.165) is 0 Å². The summed E-state index contributed by atoms with van der Waals surface area (Å²) in [5, 5.41) is 5.57. The lowest BCUT2D eigenvalue weighted by molar-refractivity contribution is -0.169. The zero-order valence-electron chi connectivity index (χ0n) is 9.18. The van der Waals surface area contributed by atoms with Crippen molar-refractivity contribution in [2.75, 3.05) is 0 Å². The number of aromatic nitrogens is 2. The molecule has 0 fully saturated rings. The molecule has 1 amide bonds. The van der Waals surface area contributed by atoms with Gasteiger partial charge >= 0.3 is 12.3 Å². The van der Waals surface area contributed by atoms with Crippen molar-refractivity contribution < 1.29 is 22.4 Å². The highest BCUT2D eigenvalue weighted by Gasteiger charge is 2.48. The van der Waals surface area contributed by atoms with Crippen LogP contribution in [0.15, 0.2) is 6.20 Å². The zero-order valence-corrected chi connectivity index (χ0v) is 9.18. The highest BCUT2D eigenvalue weighted by Crippen LogP contribution is 2.22. The number of nitrogens with one attached hydrogen (secondary N) is 1. The lowest BCUT2D eigenvalue weighted by Crippen LogP contribution is -2.44. The molecule has 8 heteroatoms. The molecule has 1 N–H and O–H groups in total. The number of hydrogen-bond donors (Lipinski definition) is 1. The number of rotatable bonds is 4. The van der Waals surface area contributed by atoms with Crippen LogP contribution in [0.25, 0.3) is 0 Å². The molecule has 4 nitrogen and oxygen atoms in total. The Labute approximate surface area is 94.6 Å². The third-order valence-electron chi connectivity index (χ3n) is 2.35. The molecule has 0 saturated heterocycles. The summed E-state index contributed by atoms with van der Waals surface area (Å²) in [6.07, 6.45) is -2.65. The Morgan fingerprint density at radius 2 is 2.18 bits per heavy atom. The van der Waals surface area contributed by atoms with E-state index in [1.54, 1.807) is 19.3 Å². The average molecular weight is 253 g/mol. The van der Waals surface area contributed by atoms with Crippen LogP contribution in [0.2, 0.25) is 0 Å². The summed E-state index contributed by atoms with van der Waals surface area (Å²) >= 11 is 0. The third-order valence-corrected chi connectivity index (χ3v) is 2.35. The van der Waals surface area contributed by atoms with Crippen LogP contribution in [-0.2, 0) is 18.4 Å². The first kappa shape index (κ1) is 13.5. The second kappa shape index (κ2) is 4.72. The van der Waals surface area contributed by atoms with Gasteiger partial charge in [0.1, 0.15) is 0 Å². The first-order chi connectivity index (χ1) is 7.76. The van der Waals surface area contributed by atoms with Crippen molar-refractivity contribution in [1.82, 2.24) is 15.1 Å². The van der Waals surface area contributed by atoms with Crippen LogP contribution in [0.5, 0.6) is 0 Å². The number of alkyl halides is 4. The van der Waals surface area contributed by atoms with Crippen LogP contribution >= 0.6 is 0 Å². The van der Waals surface area contributed by atoms with Crippen molar-refractivity contribution >= 4 is 5.91 Å². The molecule has 96 valence electrons. The van der Waals surface area contributed by atoms with Gasteiger partial charge in [0.15, 0.2) is 0 Å². The van der Waals surface area contributed by atoms with Gasteiger partial charge in [-0.1, -0.05) is 0 Å². The molecule has 0 aliphatic heterocycles. The number of carbonyl (C=O) groups is 1. The maximum atomic E-state index is 12.6. The Morgan fingerprint density at radius 3 is 2.59 bits per heavy atom. The van der Waals surface area contributed by atoms with E-state index in [-0.39, 0.29) is 6.54 Å². The fourth-order valence-electron chi connectivity index (χ4n) is 1.11. The van der Waals surface area contributed by atoms with Crippen LogP contribution in [0.4, 0.5) is 17.6 Å². The predicted molar refractivity (Wildman–Crippen MR) is 50.7 cm³/mol. The fraction of sp³-hybridized carbons (Fsp3) is 0.556. The molecule has 0 atom stereocenters. The molecule has 17 heavy (non-hydrogen) atoms. The molecular weight excluding hydrogens is 242 g/mol. The molecule has 1 heterocycles. The van der Waals surface area contributed by atoms with E-state index in [1.807, 2.05) is 0 Å². The molecule has 0 saturated carbocycles. The first-order valence-electron chi connectivity index (χ1n) is 4.68. The molecule has 0 aliphatic carbocycles. The van der Waals surface area contributed by atoms with E-state index < -0.39 is 18.3 Å². The number of amides is 1. The summed E-state index contributed by atoms with van der Waals surface area (Å²) in [4.78, 5) is 10.8. The van der Waals surface area contributed by atoms with Gasteiger partial charge in [0.25, 0.3) is 5.91 Å². The van der Waals surface area contributed by atoms with Crippen LogP contribution in [0.3, 0.4) is 0 Å². The van der Waals surface area contributed by atoms with Gasteiger partial charge in [-0.15, -0.1) is 0 Å². The van der Waals surface area contributed by atoms with Gasteiger partial charge in [0, 0.05) is 24.8 Å². The van der Waals surface area contributed by atoms with E-state index in [1.165, 1.54) is 10.9 Å². The van der Waals surface area contributed by atoms with Gasteiger partial charge in [-0.25, -0.2) is 8.78 Å². The summed E-state index contributed by atoms with van der Waals surface area (Å²) in [7, 11) is 1.63. The fourth-order valence-corrected chi connectivity index (χ4v) is 1.11. The largest absolute Gasteiger partial charge is 0.383 e.